The molecule has 0 aliphatic heterocycles. The van der Waals surface area contributed by atoms with Crippen molar-refractivity contribution < 1.29 is 14.0 Å². The molecular formula is C14H18N2O3. The molecule has 2 aromatic rings. The predicted molar refractivity (Wildman–Crippen MR) is 73.5 cm³/mol. The van der Waals surface area contributed by atoms with E-state index in [4.69, 9.17) is 19.7 Å². The number of benzene rings is 1. The highest BCUT2D eigenvalue weighted by Gasteiger charge is 2.21. The molecule has 2 N–H and O–H groups in total. The minimum absolute atomic E-state index is 0.307. The Kier molecular flexibility index (Phi) is 3.64. The van der Waals surface area contributed by atoms with E-state index in [1.54, 1.807) is 20.3 Å². The minimum atomic E-state index is 0.307. The highest BCUT2D eigenvalue weighted by Crippen LogP contribution is 2.43. The van der Waals surface area contributed by atoms with Gasteiger partial charge in [0.1, 0.15) is 0 Å². The maximum Gasteiger partial charge on any atom is 0.173 e. The average Bonchev–Trinajstić information content (AvgIpc) is 2.82. The number of hydrogen-bond donors (Lipinski definition) is 1. The second kappa shape index (κ2) is 5.22. The molecule has 0 spiro atoms. The molecule has 0 radical (unpaired) electrons. The lowest BCUT2D eigenvalue weighted by atomic mass is 9.94. The third kappa shape index (κ3) is 2.36. The maximum absolute atomic E-state index is 5.63. The van der Waals surface area contributed by atoms with Gasteiger partial charge in [-0.05, 0) is 17.5 Å². The Labute approximate surface area is 112 Å². The van der Waals surface area contributed by atoms with E-state index < -0.39 is 0 Å². The smallest absolute Gasteiger partial charge is 0.173 e. The SMILES string of the molecule is COc1ccc(C(C)C)c(-c2cc(N)no2)c1OC. The Morgan fingerprint density at radius 2 is 1.95 bits per heavy atom. The summed E-state index contributed by atoms with van der Waals surface area (Å²) in [6.45, 7) is 4.20. The van der Waals surface area contributed by atoms with E-state index in [1.165, 1.54) is 0 Å². The van der Waals surface area contributed by atoms with Gasteiger partial charge < -0.3 is 19.7 Å². The number of nitrogens with zero attached hydrogens (tertiary/aromatic N) is 1. The summed E-state index contributed by atoms with van der Waals surface area (Å²) in [5.74, 6) is 2.51. The topological polar surface area (TPSA) is 70.5 Å². The molecule has 1 aromatic heterocycles. The van der Waals surface area contributed by atoms with Crippen LogP contribution in [-0.4, -0.2) is 19.4 Å². The molecule has 0 saturated carbocycles. The van der Waals surface area contributed by atoms with Gasteiger partial charge in [-0.15, -0.1) is 0 Å². The van der Waals surface area contributed by atoms with Gasteiger partial charge in [0, 0.05) is 6.07 Å². The Morgan fingerprint density at radius 1 is 1.21 bits per heavy atom. The van der Waals surface area contributed by atoms with E-state index in [1.807, 2.05) is 12.1 Å². The van der Waals surface area contributed by atoms with Gasteiger partial charge in [-0.2, -0.15) is 0 Å². The van der Waals surface area contributed by atoms with Gasteiger partial charge in [0.25, 0.3) is 0 Å². The van der Waals surface area contributed by atoms with Gasteiger partial charge in [0.2, 0.25) is 0 Å². The lowest BCUT2D eigenvalue weighted by Crippen LogP contribution is -1.99. The molecule has 19 heavy (non-hydrogen) atoms. The van der Waals surface area contributed by atoms with Gasteiger partial charge in [-0.25, -0.2) is 0 Å². The van der Waals surface area contributed by atoms with E-state index >= 15 is 0 Å². The Bertz CT molecular complexity index is 576. The second-order valence-electron chi connectivity index (χ2n) is 4.54. The lowest BCUT2D eigenvalue weighted by Gasteiger charge is -2.17. The first kappa shape index (κ1) is 13.3. The van der Waals surface area contributed by atoms with Gasteiger partial charge in [-0.3, -0.25) is 0 Å². The van der Waals surface area contributed by atoms with E-state index in [9.17, 15) is 0 Å². The number of aromatic nitrogens is 1. The van der Waals surface area contributed by atoms with Crippen molar-refractivity contribution in [3.05, 3.63) is 23.8 Å². The van der Waals surface area contributed by atoms with Crippen LogP contribution in [0.15, 0.2) is 22.7 Å². The van der Waals surface area contributed by atoms with Crippen LogP contribution in [0, 0.1) is 0 Å². The Morgan fingerprint density at radius 3 is 2.42 bits per heavy atom. The number of nitrogens with two attached hydrogens (primary N) is 1. The fourth-order valence-corrected chi connectivity index (χ4v) is 2.08. The van der Waals surface area contributed by atoms with Crippen LogP contribution in [-0.2, 0) is 0 Å². The summed E-state index contributed by atoms with van der Waals surface area (Å²) in [7, 11) is 3.20. The summed E-state index contributed by atoms with van der Waals surface area (Å²) in [6, 6.07) is 5.57. The van der Waals surface area contributed by atoms with Crippen molar-refractivity contribution in [1.29, 1.82) is 0 Å². The fourth-order valence-electron chi connectivity index (χ4n) is 2.08. The number of rotatable bonds is 4. The van der Waals surface area contributed by atoms with E-state index in [-0.39, 0.29) is 0 Å². The third-order valence-electron chi connectivity index (χ3n) is 2.97. The number of ether oxygens (including phenoxy) is 2. The van der Waals surface area contributed by atoms with Crippen molar-refractivity contribution in [3.8, 4) is 22.8 Å². The monoisotopic (exact) mass is 262 g/mol. The highest BCUT2D eigenvalue weighted by molar-refractivity contribution is 5.75. The predicted octanol–water partition coefficient (Wildman–Crippen LogP) is 3.06. The first-order chi connectivity index (χ1) is 9.08. The number of methoxy groups -OCH3 is 2. The van der Waals surface area contributed by atoms with E-state index in [2.05, 4.69) is 19.0 Å². The summed E-state index contributed by atoms with van der Waals surface area (Å²) in [4.78, 5) is 0. The van der Waals surface area contributed by atoms with Crippen molar-refractivity contribution in [2.45, 2.75) is 19.8 Å². The molecular weight excluding hydrogens is 244 g/mol. The maximum atomic E-state index is 5.63. The van der Waals surface area contributed by atoms with Gasteiger partial charge in [0.15, 0.2) is 23.1 Å². The molecule has 5 nitrogen and oxygen atoms in total. The molecule has 0 aliphatic carbocycles. The first-order valence-corrected chi connectivity index (χ1v) is 6.06. The zero-order valence-corrected chi connectivity index (χ0v) is 11.6. The summed E-state index contributed by atoms with van der Waals surface area (Å²) >= 11 is 0. The highest BCUT2D eigenvalue weighted by atomic mass is 16.5. The van der Waals surface area contributed by atoms with Crippen LogP contribution >= 0.6 is 0 Å². The number of anilines is 1. The second-order valence-corrected chi connectivity index (χ2v) is 4.54. The molecule has 5 heteroatoms. The van der Waals surface area contributed by atoms with Crippen LogP contribution in [0.3, 0.4) is 0 Å². The Hall–Kier alpha value is -2.17. The van der Waals surface area contributed by atoms with Crippen LogP contribution in [0.5, 0.6) is 11.5 Å². The Balaban J connectivity index is 2.72. The summed E-state index contributed by atoms with van der Waals surface area (Å²) in [6.07, 6.45) is 0. The lowest BCUT2D eigenvalue weighted by molar-refractivity contribution is 0.353. The zero-order chi connectivity index (χ0) is 14.0. The van der Waals surface area contributed by atoms with Gasteiger partial charge in [0.05, 0.1) is 19.8 Å². The average molecular weight is 262 g/mol. The molecule has 0 saturated heterocycles. The van der Waals surface area contributed by atoms with Crippen molar-refractivity contribution in [2.24, 2.45) is 0 Å². The van der Waals surface area contributed by atoms with Crippen LogP contribution in [0.25, 0.3) is 11.3 Å². The molecule has 0 atom stereocenters. The third-order valence-corrected chi connectivity index (χ3v) is 2.97. The fraction of sp³-hybridized carbons (Fsp3) is 0.357. The summed E-state index contributed by atoms with van der Waals surface area (Å²) in [5, 5.41) is 3.73. The van der Waals surface area contributed by atoms with Crippen LogP contribution in [0.1, 0.15) is 25.3 Å². The molecule has 1 aromatic carbocycles. The summed E-state index contributed by atoms with van der Waals surface area (Å²) in [5.41, 5.74) is 7.55. The van der Waals surface area contributed by atoms with E-state index in [0.717, 1.165) is 11.1 Å². The molecule has 102 valence electrons. The molecule has 2 rings (SSSR count). The van der Waals surface area contributed by atoms with E-state index in [0.29, 0.717) is 29.0 Å². The van der Waals surface area contributed by atoms with Crippen molar-refractivity contribution in [2.75, 3.05) is 20.0 Å². The zero-order valence-electron chi connectivity index (χ0n) is 11.6. The minimum Gasteiger partial charge on any atom is -0.493 e. The standard InChI is InChI=1S/C14H18N2O3/c1-8(2)9-5-6-10(17-3)14(18-4)13(9)11-7-12(15)16-19-11/h5-8H,1-4H3,(H2,15,16). The van der Waals surface area contributed by atoms with Crippen LogP contribution in [0.2, 0.25) is 0 Å². The largest absolute Gasteiger partial charge is 0.493 e. The molecule has 1 heterocycles. The van der Waals surface area contributed by atoms with Crippen LogP contribution in [0.4, 0.5) is 5.82 Å². The van der Waals surface area contributed by atoms with Crippen molar-refractivity contribution in [1.82, 2.24) is 5.16 Å². The molecule has 0 fully saturated rings. The number of hydrogen-bond acceptors (Lipinski definition) is 5. The normalized spacial score (nSPS) is 10.8. The van der Waals surface area contributed by atoms with Gasteiger partial charge in [-0.1, -0.05) is 25.1 Å². The van der Waals surface area contributed by atoms with Gasteiger partial charge >= 0.3 is 0 Å². The van der Waals surface area contributed by atoms with Crippen molar-refractivity contribution in [3.63, 3.8) is 0 Å². The molecule has 0 aliphatic rings. The molecule has 0 amide bonds. The van der Waals surface area contributed by atoms with Crippen molar-refractivity contribution >= 4 is 5.82 Å². The summed E-state index contributed by atoms with van der Waals surface area (Å²) < 4.78 is 16.1. The quantitative estimate of drug-likeness (QED) is 0.916. The first-order valence-electron chi connectivity index (χ1n) is 6.06. The molecule has 0 unspecified atom stereocenters. The number of nitrogen functional groups attached to an aromatic ring is 1. The van der Waals surface area contributed by atoms with Crippen LogP contribution < -0.4 is 15.2 Å². The molecule has 0 bridgehead atoms.